The van der Waals surface area contributed by atoms with Crippen LogP contribution in [0.15, 0.2) is 336 Å². The molecule has 0 saturated carbocycles. The average molecular weight is 1280 g/mol. The van der Waals surface area contributed by atoms with E-state index >= 15 is 0 Å². The van der Waals surface area contributed by atoms with Gasteiger partial charge in [0.15, 0.2) is 34.9 Å². The zero-order valence-corrected chi connectivity index (χ0v) is 53.6. The first kappa shape index (κ1) is 56.6. The molecule has 14 aromatic carbocycles. The molecule has 0 radical (unpaired) electrons. The summed E-state index contributed by atoms with van der Waals surface area (Å²) in [6.07, 6.45) is 0. The third-order valence-corrected chi connectivity index (χ3v) is 19.4. The summed E-state index contributed by atoms with van der Waals surface area (Å²) >= 11 is 0. The van der Waals surface area contributed by atoms with Gasteiger partial charge in [-0.15, -0.1) is 0 Å². The van der Waals surface area contributed by atoms with Gasteiger partial charge in [-0.1, -0.05) is 243 Å². The zero-order valence-electron chi connectivity index (χ0n) is 53.6. The van der Waals surface area contributed by atoms with Crippen molar-refractivity contribution in [3.8, 4) is 113 Å². The van der Waals surface area contributed by atoms with Gasteiger partial charge in [-0.3, -0.25) is 0 Å². The van der Waals surface area contributed by atoms with Gasteiger partial charge < -0.3 is 18.0 Å². The second-order valence-electron chi connectivity index (χ2n) is 25.4. The van der Waals surface area contributed by atoms with Gasteiger partial charge in [0.2, 0.25) is 0 Å². The number of hydrogen-bond acceptors (Lipinski definition) is 8. The molecule has 0 aliphatic carbocycles. The molecular weight excluding hydrogens is 1230 g/mol. The highest BCUT2D eigenvalue weighted by Crippen LogP contribution is 2.44. The van der Waals surface area contributed by atoms with Crippen molar-refractivity contribution < 1.29 is 8.83 Å². The number of aromatic nitrogens is 8. The van der Waals surface area contributed by atoms with Crippen LogP contribution in [0, 0.1) is 0 Å². The molecular formula is C90H54N8O2. The minimum Gasteiger partial charge on any atom is -0.456 e. The molecule has 20 rings (SSSR count). The second-order valence-corrected chi connectivity index (χ2v) is 25.4. The Balaban J connectivity index is 0.687. The molecule has 0 bridgehead atoms. The highest BCUT2D eigenvalue weighted by Gasteiger charge is 2.24. The molecule has 10 nitrogen and oxygen atoms in total. The van der Waals surface area contributed by atoms with E-state index in [1.165, 1.54) is 0 Å². The number of furan rings is 2. The molecule has 0 spiro atoms. The van der Waals surface area contributed by atoms with E-state index in [0.717, 1.165) is 166 Å². The molecule has 0 aliphatic heterocycles. The number of benzene rings is 14. The van der Waals surface area contributed by atoms with Crippen LogP contribution in [0.5, 0.6) is 0 Å². The van der Waals surface area contributed by atoms with Crippen LogP contribution in [0.4, 0.5) is 0 Å². The van der Waals surface area contributed by atoms with Gasteiger partial charge in [0, 0.05) is 94.3 Å². The fourth-order valence-electron chi connectivity index (χ4n) is 14.6. The monoisotopic (exact) mass is 1280 g/mol. The summed E-state index contributed by atoms with van der Waals surface area (Å²) in [5, 5.41) is 8.71. The van der Waals surface area contributed by atoms with Crippen LogP contribution in [0.1, 0.15) is 0 Å². The zero-order chi connectivity index (χ0) is 65.8. The first-order chi connectivity index (χ1) is 49.5. The molecule has 0 fully saturated rings. The first-order valence-electron chi connectivity index (χ1n) is 33.5. The highest BCUT2D eigenvalue weighted by molar-refractivity contribution is 6.19. The third kappa shape index (κ3) is 9.56. The van der Waals surface area contributed by atoms with Crippen LogP contribution < -0.4 is 0 Å². The lowest BCUT2D eigenvalue weighted by atomic mass is 10.00. The van der Waals surface area contributed by atoms with Crippen molar-refractivity contribution in [3.05, 3.63) is 328 Å². The van der Waals surface area contributed by atoms with Gasteiger partial charge >= 0.3 is 0 Å². The fourth-order valence-corrected chi connectivity index (χ4v) is 14.6. The van der Waals surface area contributed by atoms with Crippen molar-refractivity contribution >= 4 is 87.5 Å². The van der Waals surface area contributed by atoms with Crippen LogP contribution in [0.2, 0.25) is 0 Å². The van der Waals surface area contributed by atoms with Crippen molar-refractivity contribution in [2.75, 3.05) is 0 Å². The third-order valence-electron chi connectivity index (χ3n) is 19.4. The van der Waals surface area contributed by atoms with Gasteiger partial charge in [0.1, 0.15) is 22.3 Å². The Morgan fingerprint density at radius 1 is 0.190 bits per heavy atom. The first-order valence-corrected chi connectivity index (χ1v) is 33.5. The van der Waals surface area contributed by atoms with Crippen LogP contribution in [0.25, 0.3) is 201 Å². The Morgan fingerprint density at radius 2 is 0.570 bits per heavy atom. The summed E-state index contributed by atoms with van der Waals surface area (Å²) in [7, 11) is 0. The van der Waals surface area contributed by atoms with Crippen molar-refractivity contribution in [2.45, 2.75) is 0 Å². The van der Waals surface area contributed by atoms with Gasteiger partial charge in [0.05, 0.1) is 27.8 Å². The standard InChI is InChI=1S/C90H54N8O2/c1-4-20-55(21-5-1)57-38-42-60(43-39-57)86-91-85(59-24-8-3-9-25-59)92-89(93-86)65-28-19-29-66(49-65)97-76-34-14-10-30-67(76)71-52-75-73-50-63(46-47-82(73)100-84(75)53-79(71)97)62-26-18-27-64(48-62)88-94-87(61-44-40-58(41-45-61)56-22-6-2-7-23-56)95-90(96-88)70-33-12-16-36-78(70)98-77-35-15-11-31-68(77)72-51-74-69-32-13-17-37-81(69)99-83(74)54-80(72)98/h1-54H. The number of rotatable bonds is 11. The van der Waals surface area contributed by atoms with E-state index in [1.807, 2.05) is 54.6 Å². The summed E-state index contributed by atoms with van der Waals surface area (Å²) < 4.78 is 18.0. The van der Waals surface area contributed by atoms with E-state index in [2.05, 4.69) is 282 Å². The van der Waals surface area contributed by atoms with Gasteiger partial charge in [0.25, 0.3) is 0 Å². The number of fused-ring (bicyclic) bond motifs is 12. The highest BCUT2D eigenvalue weighted by atomic mass is 16.3. The molecule has 0 unspecified atom stereocenters. The van der Waals surface area contributed by atoms with Crippen LogP contribution in [-0.4, -0.2) is 39.0 Å². The smallest absolute Gasteiger partial charge is 0.166 e. The Labute approximate surface area is 572 Å². The van der Waals surface area contributed by atoms with Crippen molar-refractivity contribution in [1.29, 1.82) is 0 Å². The fraction of sp³-hybridized carbons (Fsp3) is 0. The number of nitrogens with zero attached hydrogens (tertiary/aromatic N) is 8. The Bertz CT molecular complexity index is 6630. The molecule has 0 amide bonds. The number of hydrogen-bond donors (Lipinski definition) is 0. The van der Waals surface area contributed by atoms with Crippen LogP contribution in [-0.2, 0) is 0 Å². The lowest BCUT2D eigenvalue weighted by Crippen LogP contribution is -2.03. The summed E-state index contributed by atoms with van der Waals surface area (Å²) in [4.78, 5) is 31.6. The summed E-state index contributed by atoms with van der Waals surface area (Å²) in [6.45, 7) is 0. The van der Waals surface area contributed by atoms with Crippen molar-refractivity contribution in [1.82, 2.24) is 39.0 Å². The van der Waals surface area contributed by atoms with Crippen LogP contribution >= 0.6 is 0 Å². The van der Waals surface area contributed by atoms with E-state index in [0.29, 0.717) is 34.9 Å². The number of para-hydroxylation sites is 4. The molecule has 0 N–H and O–H groups in total. The second kappa shape index (κ2) is 23.0. The summed E-state index contributed by atoms with van der Waals surface area (Å²) in [6, 6.07) is 114. The van der Waals surface area contributed by atoms with Gasteiger partial charge in [-0.25, -0.2) is 29.9 Å². The van der Waals surface area contributed by atoms with E-state index in [4.69, 9.17) is 38.7 Å². The quantitative estimate of drug-likeness (QED) is 0.126. The molecule has 6 heterocycles. The summed E-state index contributed by atoms with van der Waals surface area (Å²) in [5.74, 6) is 3.44. The maximum atomic E-state index is 6.85. The molecule has 10 heteroatoms. The molecule has 0 atom stereocenters. The van der Waals surface area contributed by atoms with Gasteiger partial charge in [-0.05, 0) is 106 Å². The largest absolute Gasteiger partial charge is 0.456 e. The SMILES string of the molecule is c1ccc(-c2ccc(-c3nc(-c4ccccc4)nc(-c4cccc(-n5c6ccccc6c6cc7c(cc65)oc5ccc(-c6cccc(-c8nc(-c9ccc(-c%10ccccc%10)cc9)nc(-c9ccccc9-n9c%10ccccc%10c%10cc%11c(cc%109)oc9ccccc9%11)n8)c6)cc57)c4)n3)cc2)cc1. The topological polar surface area (TPSA) is 113 Å². The Hall–Kier alpha value is -13.7. The molecule has 0 aliphatic rings. The summed E-state index contributed by atoms with van der Waals surface area (Å²) in [5.41, 5.74) is 21.1. The lowest BCUT2D eigenvalue weighted by Gasteiger charge is -2.15. The average Bonchev–Trinajstić information content (AvgIpc) is 1.57. The molecule has 0 saturated heterocycles. The molecule has 100 heavy (non-hydrogen) atoms. The molecule has 20 aromatic rings. The predicted octanol–water partition coefficient (Wildman–Crippen LogP) is 23.1. The predicted molar refractivity (Wildman–Crippen MR) is 405 cm³/mol. The van der Waals surface area contributed by atoms with Crippen molar-refractivity contribution in [2.24, 2.45) is 0 Å². The maximum absolute atomic E-state index is 6.85. The Morgan fingerprint density at radius 3 is 1.18 bits per heavy atom. The maximum Gasteiger partial charge on any atom is 0.166 e. The molecule has 6 aromatic heterocycles. The van der Waals surface area contributed by atoms with E-state index < -0.39 is 0 Å². The van der Waals surface area contributed by atoms with E-state index in [9.17, 15) is 0 Å². The normalized spacial score (nSPS) is 11.8. The van der Waals surface area contributed by atoms with Crippen LogP contribution in [0.3, 0.4) is 0 Å². The van der Waals surface area contributed by atoms with E-state index in [-0.39, 0.29) is 0 Å². The van der Waals surface area contributed by atoms with Gasteiger partial charge in [-0.2, -0.15) is 0 Å². The molecule has 466 valence electrons. The lowest BCUT2D eigenvalue weighted by molar-refractivity contribution is 0.669. The van der Waals surface area contributed by atoms with Crippen molar-refractivity contribution in [3.63, 3.8) is 0 Å². The minimum atomic E-state index is 0.547. The Kier molecular flexibility index (Phi) is 13.0. The minimum absolute atomic E-state index is 0.547. The van der Waals surface area contributed by atoms with E-state index in [1.54, 1.807) is 0 Å².